The first-order valence-electron chi connectivity index (χ1n) is 7.08. The van der Waals surface area contributed by atoms with Gasteiger partial charge in [0.2, 0.25) is 0 Å². The lowest BCUT2D eigenvalue weighted by Gasteiger charge is -2.28. The fourth-order valence-corrected chi connectivity index (χ4v) is 2.19. The summed E-state index contributed by atoms with van der Waals surface area (Å²) >= 11 is 0. The van der Waals surface area contributed by atoms with Crippen LogP contribution in [0.15, 0.2) is 65.8 Å². The molecule has 0 radical (unpaired) electrons. The van der Waals surface area contributed by atoms with Crippen molar-refractivity contribution in [2.45, 2.75) is 18.8 Å². The number of hydrazone groups is 1. The highest BCUT2D eigenvalue weighted by Gasteiger charge is 2.26. The summed E-state index contributed by atoms with van der Waals surface area (Å²) in [5, 5.41) is 14.5. The van der Waals surface area contributed by atoms with Crippen LogP contribution in [0.4, 0.5) is 13.2 Å². The number of rotatable bonds is 6. The maximum absolute atomic E-state index is 12.5. The van der Waals surface area contributed by atoms with Gasteiger partial charge in [0.1, 0.15) is 6.21 Å². The fraction of sp³-hybridized carbons (Fsp3) is 0.235. The molecule has 0 bridgehead atoms. The third kappa shape index (κ3) is 5.41. The van der Waals surface area contributed by atoms with Crippen LogP contribution < -0.4 is 0 Å². The third-order valence-corrected chi connectivity index (χ3v) is 3.26. The number of hydrogen-bond donors (Lipinski definition) is 1. The van der Waals surface area contributed by atoms with E-state index in [1.165, 1.54) is 5.01 Å². The summed E-state index contributed by atoms with van der Waals surface area (Å²) in [6.07, 6.45) is -4.56. The van der Waals surface area contributed by atoms with Crippen LogP contribution in [-0.4, -0.2) is 29.1 Å². The van der Waals surface area contributed by atoms with Crippen molar-refractivity contribution in [3.63, 3.8) is 0 Å². The lowest BCUT2D eigenvalue weighted by atomic mass is 10.1. The number of aliphatic hydroxyl groups is 1. The first-order valence-corrected chi connectivity index (χ1v) is 7.08. The zero-order valence-electron chi connectivity index (χ0n) is 12.3. The summed E-state index contributed by atoms with van der Waals surface area (Å²) in [6.45, 7) is -0.181. The highest BCUT2D eigenvalue weighted by Crippen LogP contribution is 2.23. The molecule has 2 aromatic rings. The predicted molar refractivity (Wildman–Crippen MR) is 82.8 cm³/mol. The Morgan fingerprint density at radius 1 is 1.00 bits per heavy atom. The Morgan fingerprint density at radius 3 is 2.09 bits per heavy atom. The van der Waals surface area contributed by atoms with Crippen molar-refractivity contribution in [3.05, 3.63) is 71.8 Å². The van der Waals surface area contributed by atoms with Gasteiger partial charge in [-0.25, -0.2) is 0 Å². The number of benzene rings is 2. The van der Waals surface area contributed by atoms with Gasteiger partial charge < -0.3 is 5.11 Å². The van der Waals surface area contributed by atoms with E-state index in [9.17, 15) is 18.3 Å². The lowest BCUT2D eigenvalue weighted by molar-refractivity contribution is -0.0555. The minimum Gasteiger partial charge on any atom is -0.394 e. The molecule has 0 fully saturated rings. The van der Waals surface area contributed by atoms with E-state index in [1.54, 1.807) is 54.6 Å². The summed E-state index contributed by atoms with van der Waals surface area (Å²) in [7, 11) is 0. The normalized spacial score (nSPS) is 13.2. The Balaban J connectivity index is 2.29. The standard InChI is InChI=1S/C17H17F3N2O/c18-17(19,20)13-21-22(11-14-7-3-1-4-8-14)16(12-23)15-9-5-2-6-10-15/h1-10,13,16,23H,11-12H2/b21-13+/t16-/m0/s1. The lowest BCUT2D eigenvalue weighted by Crippen LogP contribution is -2.27. The molecule has 23 heavy (non-hydrogen) atoms. The quantitative estimate of drug-likeness (QED) is 0.649. The van der Waals surface area contributed by atoms with Gasteiger partial charge in [-0.05, 0) is 11.1 Å². The van der Waals surface area contributed by atoms with Crippen molar-refractivity contribution >= 4 is 6.21 Å². The maximum Gasteiger partial charge on any atom is 0.428 e. The summed E-state index contributed by atoms with van der Waals surface area (Å²) in [4.78, 5) is 0. The summed E-state index contributed by atoms with van der Waals surface area (Å²) in [6, 6.07) is 17.2. The van der Waals surface area contributed by atoms with Crippen molar-refractivity contribution in [2.75, 3.05) is 6.61 Å². The topological polar surface area (TPSA) is 35.8 Å². The van der Waals surface area contributed by atoms with Crippen LogP contribution in [0, 0.1) is 0 Å². The highest BCUT2D eigenvalue weighted by molar-refractivity contribution is 5.63. The van der Waals surface area contributed by atoms with Crippen molar-refractivity contribution < 1.29 is 18.3 Å². The second-order valence-electron chi connectivity index (χ2n) is 4.98. The van der Waals surface area contributed by atoms with Gasteiger partial charge in [0.05, 0.1) is 19.2 Å². The Hall–Kier alpha value is -2.34. The number of aliphatic hydroxyl groups excluding tert-OH is 1. The van der Waals surface area contributed by atoms with Crippen LogP contribution in [-0.2, 0) is 6.54 Å². The van der Waals surface area contributed by atoms with Crippen LogP contribution >= 0.6 is 0 Å². The second kappa shape index (κ2) is 7.78. The van der Waals surface area contributed by atoms with E-state index in [2.05, 4.69) is 5.10 Å². The second-order valence-corrected chi connectivity index (χ2v) is 4.98. The van der Waals surface area contributed by atoms with Crippen LogP contribution in [0.5, 0.6) is 0 Å². The van der Waals surface area contributed by atoms with Crippen molar-refractivity contribution in [1.29, 1.82) is 0 Å². The van der Waals surface area contributed by atoms with Crippen LogP contribution in [0.25, 0.3) is 0 Å². The van der Waals surface area contributed by atoms with Crippen molar-refractivity contribution in [2.24, 2.45) is 5.10 Å². The van der Waals surface area contributed by atoms with E-state index in [0.717, 1.165) is 5.56 Å². The average Bonchev–Trinajstić information content (AvgIpc) is 2.54. The minimum absolute atomic E-state index is 0.0540. The van der Waals surface area contributed by atoms with Gasteiger partial charge in [0.25, 0.3) is 0 Å². The molecule has 0 amide bonds. The fourth-order valence-electron chi connectivity index (χ4n) is 2.19. The molecule has 1 N–H and O–H groups in total. The largest absolute Gasteiger partial charge is 0.428 e. The molecule has 1 atom stereocenters. The number of halogens is 3. The van der Waals surface area contributed by atoms with Gasteiger partial charge in [-0.15, -0.1) is 0 Å². The van der Waals surface area contributed by atoms with Crippen LogP contribution in [0.2, 0.25) is 0 Å². The summed E-state index contributed by atoms with van der Waals surface area (Å²) in [5.41, 5.74) is 1.51. The molecule has 0 aliphatic heterocycles. The van der Waals surface area contributed by atoms with Gasteiger partial charge in [-0.3, -0.25) is 5.01 Å². The van der Waals surface area contributed by atoms with E-state index in [0.29, 0.717) is 5.56 Å². The third-order valence-electron chi connectivity index (χ3n) is 3.26. The molecule has 0 spiro atoms. The maximum atomic E-state index is 12.5. The first kappa shape index (κ1) is 17.0. The smallest absolute Gasteiger partial charge is 0.394 e. The molecule has 2 rings (SSSR count). The molecule has 0 aliphatic carbocycles. The Kier molecular flexibility index (Phi) is 5.76. The van der Waals surface area contributed by atoms with Crippen LogP contribution in [0.3, 0.4) is 0 Å². The molecule has 3 nitrogen and oxygen atoms in total. The van der Waals surface area contributed by atoms with E-state index in [1.807, 2.05) is 6.07 Å². The van der Waals surface area contributed by atoms with E-state index in [-0.39, 0.29) is 19.4 Å². The first-order chi connectivity index (χ1) is 11.0. The van der Waals surface area contributed by atoms with Gasteiger partial charge in [-0.1, -0.05) is 60.7 Å². The van der Waals surface area contributed by atoms with Gasteiger partial charge >= 0.3 is 6.18 Å². The minimum atomic E-state index is -4.51. The Labute approximate surface area is 132 Å². The van der Waals surface area contributed by atoms with E-state index in [4.69, 9.17) is 0 Å². The van der Waals surface area contributed by atoms with E-state index >= 15 is 0 Å². The van der Waals surface area contributed by atoms with E-state index < -0.39 is 12.2 Å². The zero-order valence-corrected chi connectivity index (χ0v) is 12.3. The molecule has 0 heterocycles. The SMILES string of the molecule is OC[C@@H](c1ccccc1)N(Cc1ccccc1)/N=C/C(F)(F)F. The van der Waals surface area contributed by atoms with Crippen LogP contribution in [0.1, 0.15) is 17.2 Å². The van der Waals surface area contributed by atoms with Crippen molar-refractivity contribution in [3.8, 4) is 0 Å². The van der Waals surface area contributed by atoms with Gasteiger partial charge in [0.15, 0.2) is 0 Å². The van der Waals surface area contributed by atoms with Gasteiger partial charge in [0, 0.05) is 0 Å². The Morgan fingerprint density at radius 2 is 1.57 bits per heavy atom. The summed E-state index contributed by atoms with van der Waals surface area (Å²) < 4.78 is 37.5. The van der Waals surface area contributed by atoms with Gasteiger partial charge in [-0.2, -0.15) is 18.3 Å². The molecule has 122 valence electrons. The number of hydrogen-bond acceptors (Lipinski definition) is 3. The molecule has 0 aromatic heterocycles. The monoisotopic (exact) mass is 322 g/mol. The number of nitrogens with zero attached hydrogens (tertiary/aromatic N) is 2. The molecular weight excluding hydrogens is 305 g/mol. The molecule has 2 aromatic carbocycles. The number of alkyl halides is 3. The molecule has 0 unspecified atom stereocenters. The molecular formula is C17H17F3N2O. The average molecular weight is 322 g/mol. The van der Waals surface area contributed by atoms with Crippen molar-refractivity contribution in [1.82, 2.24) is 5.01 Å². The molecule has 0 saturated heterocycles. The molecule has 6 heteroatoms. The predicted octanol–water partition coefficient (Wildman–Crippen LogP) is 3.77. The Bertz CT molecular complexity index is 615. The highest BCUT2D eigenvalue weighted by atomic mass is 19.4. The zero-order chi connectivity index (χ0) is 16.7. The summed E-state index contributed by atoms with van der Waals surface area (Å²) in [5.74, 6) is 0. The molecule has 0 aliphatic rings. The molecule has 0 saturated carbocycles.